The second-order valence-corrected chi connectivity index (χ2v) is 6.97. The zero-order valence-corrected chi connectivity index (χ0v) is 18.4. The van der Waals surface area contributed by atoms with Crippen LogP contribution in [0.2, 0.25) is 0 Å². The van der Waals surface area contributed by atoms with Gasteiger partial charge in [0.05, 0.1) is 39.2 Å². The maximum absolute atomic E-state index is 12.5. The van der Waals surface area contributed by atoms with Gasteiger partial charge in [-0.1, -0.05) is 0 Å². The molecule has 2 aromatic rings. The van der Waals surface area contributed by atoms with E-state index in [2.05, 4.69) is 16.0 Å². The number of ether oxygens (including phenoxy) is 3. The zero-order chi connectivity index (χ0) is 23.0. The highest BCUT2D eigenvalue weighted by Crippen LogP contribution is 2.38. The minimum atomic E-state index is -0.231. The van der Waals surface area contributed by atoms with E-state index in [1.54, 1.807) is 58.4 Å². The topological polar surface area (TPSA) is 118 Å². The third kappa shape index (κ3) is 6.51. The fraction of sp³-hybridized carbons (Fsp3) is 0.364. The SMILES string of the molecule is CC(C)O.COc1cc(CNC(=O)c2ccc3c(c2)NCC(=O)N3)cc(OC)c1OC. The summed E-state index contributed by atoms with van der Waals surface area (Å²) < 4.78 is 15.9. The molecule has 1 aliphatic heterocycles. The first-order valence-corrected chi connectivity index (χ1v) is 9.72. The van der Waals surface area contributed by atoms with E-state index in [1.807, 2.05) is 0 Å². The van der Waals surface area contributed by atoms with Gasteiger partial charge in [0.1, 0.15) is 0 Å². The number of amides is 2. The number of methoxy groups -OCH3 is 3. The number of carbonyl (C=O) groups is 2. The van der Waals surface area contributed by atoms with Crippen LogP contribution in [0.1, 0.15) is 29.8 Å². The molecular formula is C22H29N3O6. The van der Waals surface area contributed by atoms with Crippen LogP contribution >= 0.6 is 0 Å². The molecule has 0 radical (unpaired) electrons. The fourth-order valence-corrected chi connectivity index (χ4v) is 2.83. The molecule has 3 rings (SSSR count). The van der Waals surface area contributed by atoms with Gasteiger partial charge in [-0.3, -0.25) is 9.59 Å². The summed E-state index contributed by atoms with van der Waals surface area (Å²) in [5, 5.41) is 16.7. The molecule has 0 bridgehead atoms. The Morgan fingerprint density at radius 1 is 1.06 bits per heavy atom. The van der Waals surface area contributed by atoms with E-state index < -0.39 is 0 Å². The lowest BCUT2D eigenvalue weighted by Crippen LogP contribution is -2.28. The number of benzene rings is 2. The summed E-state index contributed by atoms with van der Waals surface area (Å²) in [7, 11) is 4.62. The van der Waals surface area contributed by atoms with Crippen molar-refractivity contribution < 1.29 is 28.9 Å². The number of hydrogen-bond donors (Lipinski definition) is 4. The second kappa shape index (κ2) is 11.1. The van der Waals surface area contributed by atoms with Crippen molar-refractivity contribution in [3.8, 4) is 17.2 Å². The Kier molecular flexibility index (Phi) is 8.51. The minimum Gasteiger partial charge on any atom is -0.493 e. The van der Waals surface area contributed by atoms with E-state index in [0.717, 1.165) is 11.3 Å². The van der Waals surface area contributed by atoms with E-state index in [1.165, 1.54) is 7.11 Å². The van der Waals surface area contributed by atoms with Crippen molar-refractivity contribution in [1.82, 2.24) is 5.32 Å². The van der Waals surface area contributed by atoms with E-state index in [-0.39, 0.29) is 31.0 Å². The number of rotatable bonds is 6. The molecule has 1 heterocycles. The molecule has 2 aromatic carbocycles. The lowest BCUT2D eigenvalue weighted by molar-refractivity contribution is -0.114. The number of aliphatic hydroxyl groups excluding tert-OH is 1. The average Bonchev–Trinajstić information content (AvgIpc) is 2.75. The summed E-state index contributed by atoms with van der Waals surface area (Å²) in [5.41, 5.74) is 2.67. The summed E-state index contributed by atoms with van der Waals surface area (Å²) in [6.07, 6.45) is -0.167. The lowest BCUT2D eigenvalue weighted by Gasteiger charge is -2.19. The Balaban J connectivity index is 0.000000785. The molecule has 4 N–H and O–H groups in total. The van der Waals surface area contributed by atoms with Gasteiger partial charge < -0.3 is 35.3 Å². The first-order chi connectivity index (χ1) is 14.8. The van der Waals surface area contributed by atoms with Crippen LogP contribution in [0.25, 0.3) is 0 Å². The van der Waals surface area contributed by atoms with Crippen molar-refractivity contribution in [2.45, 2.75) is 26.5 Å². The van der Waals surface area contributed by atoms with Crippen LogP contribution in [0.4, 0.5) is 11.4 Å². The van der Waals surface area contributed by atoms with E-state index >= 15 is 0 Å². The maximum Gasteiger partial charge on any atom is 0.251 e. The predicted molar refractivity (Wildman–Crippen MR) is 118 cm³/mol. The van der Waals surface area contributed by atoms with Crippen molar-refractivity contribution in [2.75, 3.05) is 38.5 Å². The monoisotopic (exact) mass is 431 g/mol. The standard InChI is InChI=1S/C19H21N3O5.C3H8O/c1-25-15-6-11(7-16(26-2)18(15)27-3)9-21-19(24)12-4-5-13-14(8-12)20-10-17(23)22-13;1-3(2)4/h4-8,20H,9-10H2,1-3H3,(H,21,24)(H,22,23);3-4H,1-2H3. The number of hydrogen-bond acceptors (Lipinski definition) is 7. The molecule has 0 aromatic heterocycles. The van der Waals surface area contributed by atoms with Crippen LogP contribution in [-0.4, -0.2) is 50.9 Å². The molecule has 31 heavy (non-hydrogen) atoms. The molecule has 9 nitrogen and oxygen atoms in total. The third-order valence-corrected chi connectivity index (χ3v) is 4.17. The number of fused-ring (bicyclic) bond motifs is 1. The molecule has 0 saturated heterocycles. The highest BCUT2D eigenvalue weighted by molar-refractivity contribution is 6.03. The molecule has 1 aliphatic rings. The Labute approximate surface area is 181 Å². The lowest BCUT2D eigenvalue weighted by atomic mass is 10.1. The van der Waals surface area contributed by atoms with Gasteiger partial charge in [-0.2, -0.15) is 0 Å². The number of anilines is 2. The first-order valence-electron chi connectivity index (χ1n) is 9.72. The normalized spacial score (nSPS) is 11.9. The summed E-state index contributed by atoms with van der Waals surface area (Å²) in [6.45, 7) is 3.92. The van der Waals surface area contributed by atoms with Gasteiger partial charge in [0.25, 0.3) is 5.91 Å². The Bertz CT molecular complexity index is 902. The highest BCUT2D eigenvalue weighted by Gasteiger charge is 2.17. The van der Waals surface area contributed by atoms with Crippen LogP contribution in [0.15, 0.2) is 30.3 Å². The van der Waals surface area contributed by atoms with E-state index in [4.69, 9.17) is 19.3 Å². The largest absolute Gasteiger partial charge is 0.493 e. The molecule has 0 aliphatic carbocycles. The van der Waals surface area contributed by atoms with Crippen molar-refractivity contribution in [3.63, 3.8) is 0 Å². The predicted octanol–water partition coefficient (Wildman–Crippen LogP) is 2.39. The van der Waals surface area contributed by atoms with E-state index in [9.17, 15) is 9.59 Å². The van der Waals surface area contributed by atoms with Gasteiger partial charge in [-0.15, -0.1) is 0 Å². The first kappa shape index (κ1) is 23.8. The van der Waals surface area contributed by atoms with Crippen molar-refractivity contribution in [2.24, 2.45) is 0 Å². The molecule has 0 fully saturated rings. The van der Waals surface area contributed by atoms with E-state index in [0.29, 0.717) is 28.5 Å². The molecule has 0 saturated carbocycles. The van der Waals surface area contributed by atoms with Gasteiger partial charge in [-0.25, -0.2) is 0 Å². The molecule has 168 valence electrons. The van der Waals surface area contributed by atoms with Crippen LogP contribution in [0.3, 0.4) is 0 Å². The van der Waals surface area contributed by atoms with Crippen LogP contribution in [-0.2, 0) is 11.3 Å². The highest BCUT2D eigenvalue weighted by atomic mass is 16.5. The minimum absolute atomic E-state index is 0.109. The molecule has 0 unspecified atom stereocenters. The van der Waals surface area contributed by atoms with Gasteiger partial charge in [0.15, 0.2) is 11.5 Å². The summed E-state index contributed by atoms with van der Waals surface area (Å²) >= 11 is 0. The third-order valence-electron chi connectivity index (χ3n) is 4.17. The number of carbonyl (C=O) groups excluding carboxylic acids is 2. The van der Waals surface area contributed by atoms with Crippen LogP contribution in [0.5, 0.6) is 17.2 Å². The summed E-state index contributed by atoms with van der Waals surface area (Å²) in [5.74, 6) is 1.20. The van der Waals surface area contributed by atoms with Gasteiger partial charge in [-0.05, 0) is 49.7 Å². The van der Waals surface area contributed by atoms with Gasteiger partial charge in [0, 0.05) is 18.2 Å². The smallest absolute Gasteiger partial charge is 0.251 e. The Morgan fingerprint density at radius 3 is 2.23 bits per heavy atom. The van der Waals surface area contributed by atoms with Gasteiger partial charge >= 0.3 is 0 Å². The molecular weight excluding hydrogens is 402 g/mol. The van der Waals surface area contributed by atoms with Crippen LogP contribution in [0, 0.1) is 0 Å². The van der Waals surface area contributed by atoms with Crippen LogP contribution < -0.4 is 30.2 Å². The van der Waals surface area contributed by atoms with Crippen molar-refractivity contribution in [1.29, 1.82) is 0 Å². The van der Waals surface area contributed by atoms with Crippen molar-refractivity contribution >= 4 is 23.2 Å². The molecule has 0 spiro atoms. The second-order valence-electron chi connectivity index (χ2n) is 6.97. The fourth-order valence-electron chi connectivity index (χ4n) is 2.83. The maximum atomic E-state index is 12.5. The quantitative estimate of drug-likeness (QED) is 0.555. The summed E-state index contributed by atoms with van der Waals surface area (Å²) in [6, 6.07) is 8.64. The Morgan fingerprint density at radius 2 is 1.68 bits per heavy atom. The number of nitrogens with one attached hydrogen (secondary N) is 3. The summed E-state index contributed by atoms with van der Waals surface area (Å²) in [4.78, 5) is 23.9. The number of aliphatic hydroxyl groups is 1. The molecule has 0 atom stereocenters. The van der Waals surface area contributed by atoms with Gasteiger partial charge in [0.2, 0.25) is 11.7 Å². The van der Waals surface area contributed by atoms with Crippen molar-refractivity contribution in [3.05, 3.63) is 41.5 Å². The molecule has 9 heteroatoms. The average molecular weight is 431 g/mol. The zero-order valence-electron chi connectivity index (χ0n) is 18.4. The molecule has 2 amide bonds. The Hall–Kier alpha value is -3.46.